The standard InChI is InChI=1S/C40H69N9O14/c1-19(2)14-25(45-37(59)28(18-50)47-36(58)27(16-21(5)6)46-38(60)29-10-9-13-49(29)39(61)22(7)41)33(55)42-17-30(52)43-26(15-20(3)4)35(57)44-24(11-12-31(53)54)34(56)48-32(23(8)51)40(62)63/h19-29,32,50-51H,9-18,41H2,1-8H3,(H,42,55)(H,43,52)(H,44,57)(H,45,59)(H,46,60)(H,47,58)(H,48,56)(H,53,54)(H,62,63)/t22-,23+,24-,25-,26-,27-,28-,29-,32-/m0/s1. The van der Waals surface area contributed by atoms with E-state index in [1.165, 1.54) is 11.8 Å². The first-order valence-corrected chi connectivity index (χ1v) is 21.2. The number of aliphatic hydroxyl groups excluding tert-OH is 2. The van der Waals surface area contributed by atoms with Gasteiger partial charge in [-0.05, 0) is 70.1 Å². The zero-order valence-electron chi connectivity index (χ0n) is 37.4. The molecule has 1 fully saturated rings. The molecule has 13 N–H and O–H groups in total. The lowest BCUT2D eigenvalue weighted by Gasteiger charge is -2.29. The Balaban J connectivity index is 3.09. The minimum Gasteiger partial charge on any atom is -0.481 e. The predicted octanol–water partition coefficient (Wildman–Crippen LogP) is -3.19. The minimum atomic E-state index is -1.77. The lowest BCUT2D eigenvalue weighted by Crippen LogP contribution is -2.60. The van der Waals surface area contributed by atoms with Crippen LogP contribution in [0.3, 0.4) is 0 Å². The fourth-order valence-electron chi connectivity index (χ4n) is 6.67. The van der Waals surface area contributed by atoms with E-state index in [1.807, 2.05) is 0 Å². The molecule has 63 heavy (non-hydrogen) atoms. The summed E-state index contributed by atoms with van der Waals surface area (Å²) in [6.07, 6.45) is -1.49. The number of hydrogen-bond donors (Lipinski definition) is 12. The third-order valence-electron chi connectivity index (χ3n) is 9.83. The van der Waals surface area contributed by atoms with Crippen LogP contribution in [0.15, 0.2) is 0 Å². The van der Waals surface area contributed by atoms with Gasteiger partial charge in [0, 0.05) is 13.0 Å². The summed E-state index contributed by atoms with van der Waals surface area (Å²) >= 11 is 0. The average molecular weight is 900 g/mol. The van der Waals surface area contributed by atoms with Crippen LogP contribution in [0.25, 0.3) is 0 Å². The van der Waals surface area contributed by atoms with Gasteiger partial charge >= 0.3 is 11.9 Å². The highest BCUT2D eigenvalue weighted by Gasteiger charge is 2.38. The molecule has 8 amide bonds. The number of carboxylic acid groups (broad SMARTS) is 2. The highest BCUT2D eigenvalue weighted by Crippen LogP contribution is 2.19. The molecule has 23 heteroatoms. The first-order valence-electron chi connectivity index (χ1n) is 21.2. The number of likely N-dealkylation sites (tertiary alicyclic amines) is 1. The zero-order valence-corrected chi connectivity index (χ0v) is 37.4. The van der Waals surface area contributed by atoms with Crippen molar-refractivity contribution in [3.63, 3.8) is 0 Å². The van der Waals surface area contributed by atoms with Crippen molar-refractivity contribution in [1.82, 2.24) is 42.1 Å². The van der Waals surface area contributed by atoms with Crippen molar-refractivity contribution in [2.75, 3.05) is 19.7 Å². The van der Waals surface area contributed by atoms with Crippen molar-refractivity contribution in [3.8, 4) is 0 Å². The third-order valence-corrected chi connectivity index (χ3v) is 9.83. The number of nitrogens with one attached hydrogen (secondary N) is 7. The predicted molar refractivity (Wildman–Crippen MR) is 225 cm³/mol. The monoisotopic (exact) mass is 899 g/mol. The number of carboxylic acids is 2. The van der Waals surface area contributed by atoms with Crippen molar-refractivity contribution in [2.45, 2.75) is 155 Å². The van der Waals surface area contributed by atoms with Gasteiger partial charge in [0.05, 0.1) is 25.3 Å². The molecule has 0 aromatic carbocycles. The molecule has 1 aliphatic heterocycles. The molecule has 1 rings (SSSR count). The van der Waals surface area contributed by atoms with Crippen LogP contribution in [0, 0.1) is 17.8 Å². The third kappa shape index (κ3) is 19.7. The smallest absolute Gasteiger partial charge is 0.328 e. The van der Waals surface area contributed by atoms with Crippen molar-refractivity contribution in [1.29, 1.82) is 0 Å². The summed E-state index contributed by atoms with van der Waals surface area (Å²) in [7, 11) is 0. The first kappa shape index (κ1) is 55.6. The van der Waals surface area contributed by atoms with Crippen LogP contribution in [0.1, 0.15) is 100 Å². The Morgan fingerprint density at radius 1 is 0.635 bits per heavy atom. The Morgan fingerprint density at radius 2 is 1.10 bits per heavy atom. The second-order valence-electron chi connectivity index (χ2n) is 17.1. The Bertz CT molecular complexity index is 1620. The molecule has 0 spiro atoms. The van der Waals surface area contributed by atoms with Gasteiger partial charge in [0.2, 0.25) is 47.3 Å². The highest BCUT2D eigenvalue weighted by atomic mass is 16.4. The summed E-state index contributed by atoms with van der Waals surface area (Å²) in [6.45, 7) is 11.9. The van der Waals surface area contributed by atoms with Crippen LogP contribution in [-0.4, -0.2) is 159 Å². The second-order valence-corrected chi connectivity index (χ2v) is 17.1. The van der Waals surface area contributed by atoms with E-state index in [0.29, 0.717) is 19.4 Å². The number of nitrogens with two attached hydrogens (primary N) is 1. The Hall–Kier alpha value is -5.42. The molecule has 0 aliphatic carbocycles. The maximum Gasteiger partial charge on any atom is 0.328 e. The highest BCUT2D eigenvalue weighted by molar-refractivity contribution is 5.97. The fraction of sp³-hybridized carbons (Fsp3) is 0.750. The van der Waals surface area contributed by atoms with Crippen LogP contribution in [-0.2, 0) is 47.9 Å². The molecule has 0 radical (unpaired) electrons. The van der Waals surface area contributed by atoms with Crippen LogP contribution in [0.5, 0.6) is 0 Å². The molecular weight excluding hydrogens is 830 g/mol. The van der Waals surface area contributed by atoms with E-state index in [2.05, 4.69) is 37.2 Å². The molecule has 9 atom stereocenters. The van der Waals surface area contributed by atoms with E-state index in [4.69, 9.17) is 5.73 Å². The van der Waals surface area contributed by atoms with Crippen molar-refractivity contribution in [2.24, 2.45) is 23.5 Å². The van der Waals surface area contributed by atoms with E-state index in [9.17, 15) is 68.4 Å². The molecule has 0 unspecified atom stereocenters. The zero-order chi connectivity index (χ0) is 48.3. The van der Waals surface area contributed by atoms with Gasteiger partial charge in [-0.2, -0.15) is 0 Å². The first-order chi connectivity index (χ1) is 29.3. The topological polar surface area (TPSA) is 365 Å². The molecule has 0 bridgehead atoms. The molecule has 0 aromatic rings. The summed E-state index contributed by atoms with van der Waals surface area (Å²) < 4.78 is 0. The number of aliphatic carboxylic acids is 2. The quantitative estimate of drug-likeness (QED) is 0.0387. The number of aliphatic hydroxyl groups is 2. The van der Waals surface area contributed by atoms with Gasteiger partial charge in [0.15, 0.2) is 6.04 Å². The number of carbonyl (C=O) groups is 10. The molecule has 0 saturated carbocycles. The maximum atomic E-state index is 13.5. The number of amides is 8. The summed E-state index contributed by atoms with van der Waals surface area (Å²) in [4.78, 5) is 130. The van der Waals surface area contributed by atoms with Crippen LogP contribution in [0.2, 0.25) is 0 Å². The molecule has 1 saturated heterocycles. The SMILES string of the molecule is CC(C)C[C@H](NC(=O)CNC(=O)[C@H](CC(C)C)NC(=O)[C@H](CO)NC(=O)[C@H](CC(C)C)NC(=O)[C@@H]1CCCN1C(=O)[C@H](C)N)C(=O)N[C@@H](CCC(=O)O)C(=O)N[C@H](C(=O)O)[C@@H](C)O. The molecular formula is C40H69N9O14. The van der Waals surface area contributed by atoms with E-state index in [0.717, 1.165) is 6.92 Å². The van der Waals surface area contributed by atoms with Crippen molar-refractivity contribution in [3.05, 3.63) is 0 Å². The minimum absolute atomic E-state index is 0.0124. The van der Waals surface area contributed by atoms with Crippen molar-refractivity contribution < 1.29 is 68.4 Å². The average Bonchev–Trinajstić information content (AvgIpc) is 3.67. The lowest BCUT2D eigenvalue weighted by atomic mass is 10.0. The van der Waals surface area contributed by atoms with Crippen molar-refractivity contribution >= 4 is 59.2 Å². The molecule has 358 valence electrons. The van der Waals surface area contributed by atoms with Gasteiger partial charge in [0.1, 0.15) is 36.3 Å². The maximum absolute atomic E-state index is 13.5. The van der Waals surface area contributed by atoms with E-state index < -0.39 is 140 Å². The lowest BCUT2D eigenvalue weighted by molar-refractivity contribution is -0.145. The molecule has 23 nitrogen and oxygen atoms in total. The Kier molecular flexibility index (Phi) is 23.8. The van der Waals surface area contributed by atoms with E-state index in [-0.39, 0.29) is 37.0 Å². The molecule has 0 aromatic heterocycles. The largest absolute Gasteiger partial charge is 0.481 e. The number of carbonyl (C=O) groups excluding carboxylic acids is 8. The van der Waals surface area contributed by atoms with Crippen LogP contribution >= 0.6 is 0 Å². The Morgan fingerprint density at radius 3 is 1.56 bits per heavy atom. The fourth-order valence-corrected chi connectivity index (χ4v) is 6.67. The van der Waals surface area contributed by atoms with Gasteiger partial charge in [-0.1, -0.05) is 41.5 Å². The number of hydrogen-bond acceptors (Lipinski definition) is 13. The van der Waals surface area contributed by atoms with Gasteiger partial charge in [-0.15, -0.1) is 0 Å². The Labute approximate surface area is 367 Å². The number of nitrogens with zero attached hydrogens (tertiary/aromatic N) is 1. The van der Waals surface area contributed by atoms with Crippen LogP contribution in [0.4, 0.5) is 0 Å². The second kappa shape index (κ2) is 26.9. The number of rotatable bonds is 27. The van der Waals surface area contributed by atoms with Gasteiger partial charge in [0.25, 0.3) is 0 Å². The van der Waals surface area contributed by atoms with E-state index >= 15 is 0 Å². The molecule has 1 heterocycles. The van der Waals surface area contributed by atoms with Crippen LogP contribution < -0.4 is 43.0 Å². The summed E-state index contributed by atoms with van der Waals surface area (Å²) in [5.41, 5.74) is 5.76. The molecule has 1 aliphatic rings. The van der Waals surface area contributed by atoms with Gasteiger partial charge < -0.3 is 68.3 Å². The van der Waals surface area contributed by atoms with Gasteiger partial charge in [-0.25, -0.2) is 4.79 Å². The summed E-state index contributed by atoms with van der Waals surface area (Å²) in [5, 5.41) is 55.3. The summed E-state index contributed by atoms with van der Waals surface area (Å²) in [6, 6.07) is -10.4. The van der Waals surface area contributed by atoms with E-state index in [1.54, 1.807) is 41.5 Å². The normalized spacial score (nSPS) is 17.6. The summed E-state index contributed by atoms with van der Waals surface area (Å²) in [5.74, 6) is -9.87. The van der Waals surface area contributed by atoms with Gasteiger partial charge in [-0.3, -0.25) is 43.2 Å².